The number of alkyl halides is 2. The number of carbonyl (C=O) groups excluding carboxylic acids is 1. The first-order valence-corrected chi connectivity index (χ1v) is 5.40. The van der Waals surface area contributed by atoms with Crippen LogP contribution in [0.4, 0.5) is 8.78 Å². The summed E-state index contributed by atoms with van der Waals surface area (Å²) in [6.07, 6.45) is 0. The minimum Gasteiger partial charge on any atom is -0.468 e. The van der Waals surface area contributed by atoms with Crippen LogP contribution in [0.15, 0.2) is 0 Å². The van der Waals surface area contributed by atoms with Gasteiger partial charge in [0.05, 0.1) is 12.5 Å². The number of rotatable bonds is 2. The summed E-state index contributed by atoms with van der Waals surface area (Å²) < 4.78 is 32.3. The summed E-state index contributed by atoms with van der Waals surface area (Å²) in [5, 5.41) is 2.86. The number of fused-ring (bicyclic) bond motifs is 1. The van der Waals surface area contributed by atoms with Gasteiger partial charge in [-0.25, -0.2) is 8.78 Å². The topological polar surface area (TPSA) is 38.3 Å². The summed E-state index contributed by atoms with van der Waals surface area (Å²) in [6.45, 7) is 4.95. The lowest BCUT2D eigenvalue weighted by atomic mass is 9.83. The Hall–Kier alpha value is -0.710. The molecule has 2 rings (SSSR count). The molecule has 5 heteroatoms. The van der Waals surface area contributed by atoms with Crippen LogP contribution in [0.3, 0.4) is 0 Å². The van der Waals surface area contributed by atoms with Crippen molar-refractivity contribution in [2.24, 2.45) is 16.7 Å². The van der Waals surface area contributed by atoms with Crippen molar-refractivity contribution in [1.29, 1.82) is 0 Å². The molecule has 16 heavy (non-hydrogen) atoms. The Morgan fingerprint density at radius 1 is 1.50 bits per heavy atom. The normalized spacial score (nSPS) is 40.4. The molecule has 0 aromatic heterocycles. The Morgan fingerprint density at radius 2 is 2.06 bits per heavy atom. The minimum absolute atomic E-state index is 0.163. The van der Waals surface area contributed by atoms with Gasteiger partial charge in [0.1, 0.15) is 6.04 Å². The third kappa shape index (κ3) is 1.02. The molecule has 92 valence electrons. The lowest BCUT2D eigenvalue weighted by molar-refractivity contribution is -0.153. The van der Waals surface area contributed by atoms with Crippen molar-refractivity contribution in [2.75, 3.05) is 13.7 Å². The molecule has 1 N–H and O–H groups in total. The van der Waals surface area contributed by atoms with Gasteiger partial charge in [-0.05, 0) is 11.3 Å². The van der Waals surface area contributed by atoms with Crippen molar-refractivity contribution in [3.63, 3.8) is 0 Å². The summed E-state index contributed by atoms with van der Waals surface area (Å²) >= 11 is 0. The lowest BCUT2D eigenvalue weighted by Crippen LogP contribution is -2.50. The Morgan fingerprint density at radius 3 is 2.44 bits per heavy atom. The highest BCUT2D eigenvalue weighted by Crippen LogP contribution is 2.78. The van der Waals surface area contributed by atoms with Gasteiger partial charge in [0, 0.05) is 13.5 Å². The average Bonchev–Trinajstić information content (AvgIpc) is 2.57. The number of ether oxygens (including phenoxy) is 1. The predicted octanol–water partition coefficient (Wildman–Crippen LogP) is 1.43. The molecule has 0 amide bonds. The number of hydrogen-bond donors (Lipinski definition) is 1. The molecule has 2 aliphatic rings. The summed E-state index contributed by atoms with van der Waals surface area (Å²) in [6, 6.07) is -0.891. The van der Waals surface area contributed by atoms with Gasteiger partial charge in [-0.1, -0.05) is 13.8 Å². The van der Waals surface area contributed by atoms with E-state index in [4.69, 9.17) is 0 Å². The molecule has 1 aliphatic heterocycles. The van der Waals surface area contributed by atoms with Gasteiger partial charge in [-0.2, -0.15) is 0 Å². The van der Waals surface area contributed by atoms with Gasteiger partial charge in [0.2, 0.25) is 0 Å². The molecule has 3 unspecified atom stereocenters. The molecular formula is C11H17F2NO2. The van der Waals surface area contributed by atoms with Crippen LogP contribution in [0.1, 0.15) is 20.8 Å². The van der Waals surface area contributed by atoms with E-state index in [0.29, 0.717) is 6.54 Å². The van der Waals surface area contributed by atoms with Crippen LogP contribution in [-0.2, 0) is 9.53 Å². The van der Waals surface area contributed by atoms with Crippen molar-refractivity contribution < 1.29 is 18.3 Å². The Balaban J connectivity index is 2.41. The lowest BCUT2D eigenvalue weighted by Gasteiger charge is -2.31. The van der Waals surface area contributed by atoms with Crippen LogP contribution in [0, 0.1) is 16.7 Å². The number of methoxy groups -OCH3 is 1. The van der Waals surface area contributed by atoms with E-state index >= 15 is 0 Å². The van der Waals surface area contributed by atoms with Crippen LogP contribution in [0.2, 0.25) is 0 Å². The number of carbonyl (C=O) groups is 1. The molecule has 1 heterocycles. The van der Waals surface area contributed by atoms with Crippen molar-refractivity contribution in [2.45, 2.75) is 32.7 Å². The second-order valence-corrected chi connectivity index (χ2v) is 5.40. The van der Waals surface area contributed by atoms with E-state index in [0.717, 1.165) is 6.92 Å². The monoisotopic (exact) mass is 233 g/mol. The van der Waals surface area contributed by atoms with E-state index in [1.54, 1.807) is 13.8 Å². The van der Waals surface area contributed by atoms with Gasteiger partial charge < -0.3 is 10.1 Å². The largest absolute Gasteiger partial charge is 0.468 e. The van der Waals surface area contributed by atoms with Crippen LogP contribution < -0.4 is 5.32 Å². The summed E-state index contributed by atoms with van der Waals surface area (Å²) in [5.74, 6) is -3.64. The van der Waals surface area contributed by atoms with Crippen LogP contribution >= 0.6 is 0 Å². The SMILES string of the molecule is COC(=O)C1NCC2C(C)(C)C12C(C)(F)F. The van der Waals surface area contributed by atoms with E-state index in [9.17, 15) is 13.6 Å². The maximum absolute atomic E-state index is 13.8. The van der Waals surface area contributed by atoms with Crippen molar-refractivity contribution in [3.8, 4) is 0 Å². The number of esters is 1. The highest BCUT2D eigenvalue weighted by atomic mass is 19.3. The molecule has 1 saturated carbocycles. The quantitative estimate of drug-likeness (QED) is 0.733. The van der Waals surface area contributed by atoms with Crippen LogP contribution in [0.25, 0.3) is 0 Å². The van der Waals surface area contributed by atoms with Crippen molar-refractivity contribution in [1.82, 2.24) is 5.32 Å². The Bertz CT molecular complexity index is 325. The van der Waals surface area contributed by atoms with E-state index < -0.39 is 28.8 Å². The maximum atomic E-state index is 13.8. The molecule has 0 radical (unpaired) electrons. The number of halogens is 2. The molecule has 3 atom stereocenters. The smallest absolute Gasteiger partial charge is 0.323 e. The zero-order chi connectivity index (χ0) is 12.4. The summed E-state index contributed by atoms with van der Waals surface area (Å²) in [7, 11) is 1.23. The van der Waals surface area contributed by atoms with Crippen molar-refractivity contribution in [3.05, 3.63) is 0 Å². The molecule has 1 aliphatic carbocycles. The Labute approximate surface area is 93.5 Å². The third-order valence-corrected chi connectivity index (χ3v) is 4.55. The summed E-state index contributed by atoms with van der Waals surface area (Å²) in [5.41, 5.74) is -1.80. The van der Waals surface area contributed by atoms with Gasteiger partial charge in [0.25, 0.3) is 5.92 Å². The van der Waals surface area contributed by atoms with E-state index in [-0.39, 0.29) is 5.92 Å². The second-order valence-electron chi connectivity index (χ2n) is 5.40. The van der Waals surface area contributed by atoms with E-state index in [1.165, 1.54) is 7.11 Å². The first-order valence-electron chi connectivity index (χ1n) is 5.40. The molecule has 0 bridgehead atoms. The fourth-order valence-electron chi connectivity index (χ4n) is 3.80. The second kappa shape index (κ2) is 2.94. The fraction of sp³-hybridized carbons (Fsp3) is 0.909. The van der Waals surface area contributed by atoms with Crippen molar-refractivity contribution >= 4 is 5.97 Å². The van der Waals surface area contributed by atoms with Crippen LogP contribution in [-0.4, -0.2) is 31.6 Å². The molecule has 0 aromatic rings. The van der Waals surface area contributed by atoms with E-state index in [1.807, 2.05) is 0 Å². The standard InChI is InChI=1S/C11H17F2NO2/c1-9(2)6-5-14-7(8(15)16-4)11(6,9)10(3,12)13/h6-7,14H,5H2,1-4H3. The molecule has 0 spiro atoms. The zero-order valence-corrected chi connectivity index (χ0v) is 9.93. The molecule has 2 fully saturated rings. The molecule has 0 aromatic carbocycles. The third-order valence-electron chi connectivity index (χ3n) is 4.55. The molecule has 3 nitrogen and oxygen atoms in total. The van der Waals surface area contributed by atoms with Gasteiger partial charge in [-0.3, -0.25) is 4.79 Å². The number of piperidine rings is 1. The first kappa shape index (κ1) is 11.8. The first-order chi connectivity index (χ1) is 7.21. The zero-order valence-electron chi connectivity index (χ0n) is 9.93. The molecular weight excluding hydrogens is 216 g/mol. The van der Waals surface area contributed by atoms with E-state index in [2.05, 4.69) is 10.1 Å². The van der Waals surface area contributed by atoms with Gasteiger partial charge >= 0.3 is 5.97 Å². The molecule has 1 saturated heterocycles. The summed E-state index contributed by atoms with van der Waals surface area (Å²) in [4.78, 5) is 11.6. The highest BCUT2D eigenvalue weighted by Gasteiger charge is 2.86. The average molecular weight is 233 g/mol. The fourth-order valence-corrected chi connectivity index (χ4v) is 3.80. The minimum atomic E-state index is -2.89. The maximum Gasteiger partial charge on any atom is 0.323 e. The Kier molecular flexibility index (Phi) is 2.16. The van der Waals surface area contributed by atoms with Crippen LogP contribution in [0.5, 0.6) is 0 Å². The highest BCUT2D eigenvalue weighted by molar-refractivity contribution is 5.79. The van der Waals surface area contributed by atoms with Gasteiger partial charge in [-0.15, -0.1) is 0 Å². The number of nitrogens with one attached hydrogen (secondary N) is 1. The van der Waals surface area contributed by atoms with Gasteiger partial charge in [0.15, 0.2) is 0 Å². The number of hydrogen-bond acceptors (Lipinski definition) is 3. The predicted molar refractivity (Wildman–Crippen MR) is 54.1 cm³/mol.